The van der Waals surface area contributed by atoms with Crippen LogP contribution in [-0.4, -0.2) is 38.2 Å². The predicted molar refractivity (Wildman–Crippen MR) is 138 cm³/mol. The molecular formula is C27H25FN8O. The molecule has 0 spiro atoms. The molecule has 0 unspecified atom stereocenters. The van der Waals surface area contributed by atoms with Gasteiger partial charge in [0.05, 0.1) is 29.7 Å². The fourth-order valence-electron chi connectivity index (χ4n) is 5.48. The number of hydrogen-bond donors (Lipinski definition) is 2. The minimum Gasteiger partial charge on any atom is -0.340 e. The SMILES string of the molecule is C[C@@H]1C(=O)N(c2cccc(C#N)c2)c2cnc(Nc3cc(F)c4[nH]ncc4c3)nc2N1C1CC(C)(C)C1. The molecule has 10 heteroatoms. The van der Waals surface area contributed by atoms with Crippen molar-refractivity contribution in [2.75, 3.05) is 15.1 Å². The lowest BCUT2D eigenvalue weighted by molar-refractivity contribution is -0.119. The molecule has 4 aromatic rings. The van der Waals surface area contributed by atoms with Gasteiger partial charge in [0.25, 0.3) is 5.91 Å². The van der Waals surface area contributed by atoms with E-state index in [-0.39, 0.29) is 23.3 Å². The van der Waals surface area contributed by atoms with Gasteiger partial charge in [-0.2, -0.15) is 15.3 Å². The highest BCUT2D eigenvalue weighted by atomic mass is 19.1. The highest BCUT2D eigenvalue weighted by Gasteiger charge is 2.47. The number of nitrogens with one attached hydrogen (secondary N) is 2. The summed E-state index contributed by atoms with van der Waals surface area (Å²) in [7, 11) is 0. The average molecular weight is 497 g/mol. The second kappa shape index (κ2) is 8.27. The topological polar surface area (TPSA) is 114 Å². The number of nitriles is 1. The highest BCUT2D eigenvalue weighted by Crippen LogP contribution is 2.49. The number of aromatic nitrogens is 4. The smallest absolute Gasteiger partial charge is 0.254 e. The van der Waals surface area contributed by atoms with Gasteiger partial charge in [-0.1, -0.05) is 19.9 Å². The van der Waals surface area contributed by atoms with E-state index in [4.69, 9.17) is 4.98 Å². The zero-order valence-corrected chi connectivity index (χ0v) is 20.7. The van der Waals surface area contributed by atoms with Crippen molar-refractivity contribution in [3.05, 3.63) is 60.2 Å². The van der Waals surface area contributed by atoms with Crippen molar-refractivity contribution in [1.29, 1.82) is 5.26 Å². The Hall–Kier alpha value is -4.52. The molecule has 1 amide bonds. The summed E-state index contributed by atoms with van der Waals surface area (Å²) in [4.78, 5) is 26.7. The number of carbonyl (C=O) groups excluding carboxylic acids is 1. The Labute approximate surface area is 212 Å². The van der Waals surface area contributed by atoms with Crippen LogP contribution in [-0.2, 0) is 4.79 Å². The molecule has 2 aromatic carbocycles. The lowest BCUT2D eigenvalue weighted by Crippen LogP contribution is -2.59. The number of anilines is 5. The fourth-order valence-corrected chi connectivity index (χ4v) is 5.48. The van der Waals surface area contributed by atoms with Gasteiger partial charge in [0, 0.05) is 17.1 Å². The summed E-state index contributed by atoms with van der Waals surface area (Å²) in [6.45, 7) is 6.32. The summed E-state index contributed by atoms with van der Waals surface area (Å²) >= 11 is 0. The van der Waals surface area contributed by atoms with Crippen LogP contribution in [0, 0.1) is 22.6 Å². The van der Waals surface area contributed by atoms with E-state index in [2.05, 4.69) is 45.3 Å². The number of amides is 1. The number of rotatable bonds is 4. The summed E-state index contributed by atoms with van der Waals surface area (Å²) < 4.78 is 14.5. The molecule has 9 nitrogen and oxygen atoms in total. The van der Waals surface area contributed by atoms with Crippen LogP contribution in [0.2, 0.25) is 0 Å². The van der Waals surface area contributed by atoms with Crippen molar-refractivity contribution in [3.63, 3.8) is 0 Å². The first kappa shape index (κ1) is 22.9. The quantitative estimate of drug-likeness (QED) is 0.401. The van der Waals surface area contributed by atoms with Crippen molar-refractivity contribution in [2.45, 2.75) is 45.7 Å². The van der Waals surface area contributed by atoms with Gasteiger partial charge in [-0.25, -0.2) is 9.37 Å². The first-order valence-corrected chi connectivity index (χ1v) is 12.1. The van der Waals surface area contributed by atoms with Gasteiger partial charge in [-0.15, -0.1) is 0 Å². The normalized spacial score (nSPS) is 18.9. The maximum absolute atomic E-state index is 14.5. The molecule has 1 atom stereocenters. The van der Waals surface area contributed by atoms with Crippen molar-refractivity contribution in [1.82, 2.24) is 20.2 Å². The van der Waals surface area contributed by atoms with Crippen LogP contribution in [0.5, 0.6) is 0 Å². The molecule has 3 heterocycles. The summed E-state index contributed by atoms with van der Waals surface area (Å²) in [6.07, 6.45) is 5.03. The number of hydrogen-bond acceptors (Lipinski definition) is 7. The van der Waals surface area contributed by atoms with E-state index in [1.54, 1.807) is 47.6 Å². The summed E-state index contributed by atoms with van der Waals surface area (Å²) in [5, 5.41) is 19.7. The largest absolute Gasteiger partial charge is 0.340 e. The van der Waals surface area contributed by atoms with E-state index in [1.165, 1.54) is 6.07 Å². The third-order valence-electron chi connectivity index (χ3n) is 7.19. The van der Waals surface area contributed by atoms with E-state index in [0.717, 1.165) is 12.8 Å². The van der Waals surface area contributed by atoms with Crippen molar-refractivity contribution in [3.8, 4) is 6.07 Å². The molecule has 1 fully saturated rings. The first-order valence-electron chi connectivity index (χ1n) is 12.1. The van der Waals surface area contributed by atoms with Crippen LogP contribution in [0.4, 0.5) is 33.2 Å². The summed E-state index contributed by atoms with van der Waals surface area (Å²) in [5.41, 5.74) is 2.60. The maximum atomic E-state index is 14.5. The molecule has 0 saturated heterocycles. The van der Waals surface area contributed by atoms with Crippen molar-refractivity contribution in [2.24, 2.45) is 5.41 Å². The molecule has 37 heavy (non-hydrogen) atoms. The van der Waals surface area contributed by atoms with Crippen LogP contribution in [0.3, 0.4) is 0 Å². The van der Waals surface area contributed by atoms with E-state index in [9.17, 15) is 14.4 Å². The van der Waals surface area contributed by atoms with Crippen LogP contribution in [0.25, 0.3) is 10.9 Å². The number of H-pyrrole nitrogens is 1. The van der Waals surface area contributed by atoms with Gasteiger partial charge < -0.3 is 10.2 Å². The molecule has 6 rings (SSSR count). The minimum absolute atomic E-state index is 0.107. The van der Waals surface area contributed by atoms with E-state index < -0.39 is 11.9 Å². The molecule has 1 saturated carbocycles. The van der Waals surface area contributed by atoms with E-state index in [1.807, 2.05) is 6.92 Å². The monoisotopic (exact) mass is 496 g/mol. The summed E-state index contributed by atoms with van der Waals surface area (Å²) in [6, 6.07) is 11.9. The number of halogens is 1. The van der Waals surface area contributed by atoms with Crippen LogP contribution < -0.4 is 15.1 Å². The van der Waals surface area contributed by atoms with Crippen molar-refractivity contribution >= 4 is 45.6 Å². The number of nitrogens with zero attached hydrogens (tertiary/aromatic N) is 6. The maximum Gasteiger partial charge on any atom is 0.254 e. The zero-order chi connectivity index (χ0) is 25.9. The van der Waals surface area contributed by atoms with Gasteiger partial charge in [0.15, 0.2) is 11.6 Å². The molecule has 0 bridgehead atoms. The Morgan fingerprint density at radius 2 is 2.03 bits per heavy atom. The lowest BCUT2D eigenvalue weighted by atomic mass is 9.67. The Morgan fingerprint density at radius 3 is 2.78 bits per heavy atom. The highest BCUT2D eigenvalue weighted by molar-refractivity contribution is 6.10. The third-order valence-corrected chi connectivity index (χ3v) is 7.19. The zero-order valence-electron chi connectivity index (χ0n) is 20.7. The lowest BCUT2D eigenvalue weighted by Gasteiger charge is -2.53. The first-order chi connectivity index (χ1) is 17.7. The molecule has 2 N–H and O–H groups in total. The fraction of sp³-hybridized carbons (Fsp3) is 0.296. The minimum atomic E-state index is -0.471. The number of carbonyl (C=O) groups is 1. The van der Waals surface area contributed by atoms with Gasteiger partial charge in [0.2, 0.25) is 5.95 Å². The molecule has 1 aliphatic carbocycles. The predicted octanol–water partition coefficient (Wildman–Crippen LogP) is 5.17. The Kier molecular flexibility index (Phi) is 5.12. The second-order valence-corrected chi connectivity index (χ2v) is 10.5. The Balaban J connectivity index is 1.44. The molecule has 186 valence electrons. The Bertz CT molecular complexity index is 1580. The van der Waals surface area contributed by atoms with E-state index in [0.29, 0.717) is 39.3 Å². The number of fused-ring (bicyclic) bond motifs is 2. The van der Waals surface area contributed by atoms with Gasteiger partial charge in [0.1, 0.15) is 17.2 Å². The van der Waals surface area contributed by atoms with Gasteiger partial charge in [-0.3, -0.25) is 14.8 Å². The van der Waals surface area contributed by atoms with Crippen LogP contribution in [0.1, 0.15) is 39.2 Å². The molecule has 1 aliphatic heterocycles. The van der Waals surface area contributed by atoms with Gasteiger partial charge in [-0.05, 0) is 55.5 Å². The third kappa shape index (κ3) is 3.83. The Morgan fingerprint density at radius 1 is 1.22 bits per heavy atom. The number of benzene rings is 2. The second-order valence-electron chi connectivity index (χ2n) is 10.5. The van der Waals surface area contributed by atoms with Crippen LogP contribution >= 0.6 is 0 Å². The van der Waals surface area contributed by atoms with E-state index >= 15 is 0 Å². The molecular weight excluding hydrogens is 471 g/mol. The summed E-state index contributed by atoms with van der Waals surface area (Å²) in [5.74, 6) is 0.370. The van der Waals surface area contributed by atoms with Gasteiger partial charge >= 0.3 is 0 Å². The van der Waals surface area contributed by atoms with Crippen LogP contribution in [0.15, 0.2) is 48.8 Å². The standard InChI is InChI=1S/C27H25FN8O/c1-15-25(37)36(19-6-4-5-16(7-19)12-29)22-14-30-26(33-24(22)35(15)20-10-27(2,3)11-20)32-18-8-17-13-31-34-23(17)21(28)9-18/h4-9,13-15,20H,10-11H2,1-3H3,(H,31,34)(H,30,32,33)/t15-/m1/s1. The molecule has 0 radical (unpaired) electrons. The average Bonchev–Trinajstić information content (AvgIpc) is 3.33. The molecule has 2 aromatic heterocycles. The number of aromatic amines is 1. The molecule has 2 aliphatic rings. The van der Waals surface area contributed by atoms with Crippen molar-refractivity contribution < 1.29 is 9.18 Å².